The molecule has 1 aromatic heterocycles. The van der Waals surface area contributed by atoms with Gasteiger partial charge in [0.2, 0.25) is 0 Å². The zero-order chi connectivity index (χ0) is 45.9. The molecule has 0 radical (unpaired) electrons. The third-order valence-corrected chi connectivity index (χ3v) is 57.3. The van der Waals surface area contributed by atoms with E-state index in [1.807, 2.05) is 11.7 Å². The fraction of sp³-hybridized carbons (Fsp3) is 0.880. The molecular formula is C50H107N7Sn3. The summed E-state index contributed by atoms with van der Waals surface area (Å²) in [5, 5.41) is 11.9. The van der Waals surface area contributed by atoms with Gasteiger partial charge >= 0.3 is 346 Å². The summed E-state index contributed by atoms with van der Waals surface area (Å²) in [4.78, 5) is 2.36. The summed E-state index contributed by atoms with van der Waals surface area (Å²) in [5.41, 5.74) is 8.68. The van der Waals surface area contributed by atoms with Crippen LogP contribution in [0.4, 0.5) is 0 Å². The van der Waals surface area contributed by atoms with Crippen LogP contribution >= 0.6 is 0 Å². The minimum atomic E-state index is -2.33. The van der Waals surface area contributed by atoms with Gasteiger partial charge in [0.15, 0.2) is 0 Å². The van der Waals surface area contributed by atoms with Crippen molar-refractivity contribution >= 4 is 59.1 Å². The third kappa shape index (κ3) is 33.4. The maximum absolute atomic E-state index is 7.33. The Morgan fingerprint density at radius 1 is 0.633 bits per heavy atom. The van der Waals surface area contributed by atoms with Crippen LogP contribution in [0.2, 0.25) is 39.9 Å². The largest absolute Gasteiger partial charge is 0.0973 e. The Kier molecular flexibility index (Phi) is 55.6. The molecule has 0 aromatic carbocycles. The number of hydrogen-bond donors (Lipinski definition) is 0. The molecule has 0 saturated heterocycles. The molecule has 1 heterocycles. The summed E-state index contributed by atoms with van der Waals surface area (Å²) >= 11 is -6.27. The Labute approximate surface area is 391 Å². The minimum absolute atomic E-state index is 0. The number of terminal acetylenes is 1. The van der Waals surface area contributed by atoms with Crippen LogP contribution in [0.1, 0.15) is 205 Å². The first-order chi connectivity index (χ1) is 28.3. The van der Waals surface area contributed by atoms with E-state index in [1.54, 1.807) is 20.2 Å². The number of azide groups is 1. The predicted molar refractivity (Wildman–Crippen MR) is 284 cm³/mol. The van der Waals surface area contributed by atoms with Gasteiger partial charge in [0.1, 0.15) is 0 Å². The van der Waals surface area contributed by atoms with Crippen molar-refractivity contribution in [3.63, 3.8) is 0 Å². The molecule has 1 aromatic rings. The molecule has 0 unspecified atom stereocenters. The fourth-order valence-electron chi connectivity index (χ4n) is 8.11. The first-order valence-electron chi connectivity index (χ1n) is 24.6. The first-order valence-corrected chi connectivity index (χ1v) is 46.9. The first kappa shape index (κ1) is 69.0. The van der Waals surface area contributed by atoms with Gasteiger partial charge in [0.25, 0.3) is 0 Å². The van der Waals surface area contributed by atoms with Crippen LogP contribution in [0.3, 0.4) is 0 Å². The molecule has 0 amide bonds. The molecule has 0 aliphatic carbocycles. The van der Waals surface area contributed by atoms with Crippen LogP contribution in [0.5, 0.6) is 0 Å². The van der Waals surface area contributed by atoms with Crippen LogP contribution in [0, 0.1) is 29.1 Å². The SMILES string of the molecule is C.C#CC.CC#[C][Sn]([CH2]CCC)([CH2]CCC)[CH2]CCC.CCC[CH2][Sn]([CH2]CCC)([CH2]CCC)[N](C)C.CCC[CH2][Sn]([CH2]CCC)([CH2]CCC)[c]1nnn(C)c1C.CN=[N+]=[N-]. The van der Waals surface area contributed by atoms with Crippen LogP contribution in [-0.4, -0.2) is 94.7 Å². The molecular weight excluding hydrogens is 1050 g/mol. The Morgan fingerprint density at radius 3 is 1.13 bits per heavy atom. The van der Waals surface area contributed by atoms with E-state index in [-0.39, 0.29) is 7.43 Å². The molecule has 0 aliphatic heterocycles. The molecule has 10 heteroatoms. The van der Waals surface area contributed by atoms with Crippen LogP contribution in [-0.2, 0) is 7.05 Å². The van der Waals surface area contributed by atoms with Gasteiger partial charge in [-0.25, -0.2) is 0 Å². The van der Waals surface area contributed by atoms with E-state index in [9.17, 15) is 0 Å². The summed E-state index contributed by atoms with van der Waals surface area (Å²) in [7, 11) is 8.18. The number of aryl methyl sites for hydroxylation is 1. The van der Waals surface area contributed by atoms with E-state index < -0.39 is 55.4 Å². The van der Waals surface area contributed by atoms with Gasteiger partial charge in [-0.05, 0) is 12.5 Å². The van der Waals surface area contributed by atoms with Crippen LogP contribution in [0.25, 0.3) is 10.4 Å². The number of hydrogen-bond acceptors (Lipinski definition) is 4. The Bertz CT molecular complexity index is 1140. The number of rotatable bonds is 29. The molecule has 0 spiro atoms. The van der Waals surface area contributed by atoms with E-state index in [0.717, 1.165) is 0 Å². The second kappa shape index (κ2) is 48.4. The molecule has 7 nitrogen and oxygen atoms in total. The molecule has 0 atom stereocenters. The maximum atomic E-state index is 7.33. The molecule has 1 rings (SSSR count). The topological polar surface area (TPSA) is 82.7 Å². The Hall–Kier alpha value is -0.0739. The van der Waals surface area contributed by atoms with E-state index in [4.69, 9.17) is 5.53 Å². The summed E-state index contributed by atoms with van der Waals surface area (Å²) in [6.45, 7) is 26.9. The van der Waals surface area contributed by atoms with Gasteiger partial charge in [-0.2, -0.15) is 0 Å². The van der Waals surface area contributed by atoms with E-state index >= 15 is 0 Å². The van der Waals surface area contributed by atoms with Crippen LogP contribution in [0.15, 0.2) is 5.11 Å². The van der Waals surface area contributed by atoms with Crippen molar-refractivity contribution in [1.29, 1.82) is 0 Å². The van der Waals surface area contributed by atoms with Crippen molar-refractivity contribution in [2.45, 2.75) is 246 Å². The molecule has 0 aliphatic rings. The smallest absolute Gasteiger partial charge is 0.0139 e. The van der Waals surface area contributed by atoms with Crippen molar-refractivity contribution in [2.75, 3.05) is 21.1 Å². The van der Waals surface area contributed by atoms with E-state index in [2.05, 4.69) is 136 Å². The summed E-state index contributed by atoms with van der Waals surface area (Å²) in [6, 6.07) is 0. The number of aromatic nitrogens is 3. The van der Waals surface area contributed by atoms with Gasteiger partial charge in [0.05, 0.1) is 0 Å². The average molecular weight is 1160 g/mol. The quantitative estimate of drug-likeness (QED) is 0.0263. The maximum Gasteiger partial charge on any atom is 0.0139 e. The van der Waals surface area contributed by atoms with Crippen molar-refractivity contribution in [3.8, 4) is 22.2 Å². The van der Waals surface area contributed by atoms with Crippen molar-refractivity contribution in [2.24, 2.45) is 12.2 Å². The molecule has 60 heavy (non-hydrogen) atoms. The zero-order valence-corrected chi connectivity index (χ0v) is 51.4. The van der Waals surface area contributed by atoms with Gasteiger partial charge in [-0.1, -0.05) is 12.5 Å². The van der Waals surface area contributed by atoms with E-state index in [0.29, 0.717) is 0 Å². The second-order valence-electron chi connectivity index (χ2n) is 17.2. The average Bonchev–Trinajstić information content (AvgIpc) is 3.59. The normalized spacial score (nSPS) is 10.7. The summed E-state index contributed by atoms with van der Waals surface area (Å²) < 4.78 is 23.7. The second-order valence-corrected chi connectivity index (χ2v) is 56.3. The monoisotopic (exact) mass is 1170 g/mol. The Morgan fingerprint density at radius 2 is 0.917 bits per heavy atom. The van der Waals surface area contributed by atoms with Crippen molar-refractivity contribution in [1.82, 2.24) is 18.1 Å². The summed E-state index contributed by atoms with van der Waals surface area (Å²) in [6.07, 6.45) is 29.6. The Balaban J connectivity index is -0.000000233. The number of unbranched alkanes of at least 4 members (excludes halogenated alkanes) is 9. The van der Waals surface area contributed by atoms with Crippen molar-refractivity contribution < 1.29 is 0 Å². The molecule has 0 saturated carbocycles. The van der Waals surface area contributed by atoms with Gasteiger partial charge in [0, 0.05) is 12.0 Å². The van der Waals surface area contributed by atoms with Crippen LogP contribution < -0.4 is 3.71 Å². The van der Waals surface area contributed by atoms with E-state index in [1.165, 1.54) is 159 Å². The zero-order valence-electron chi connectivity index (χ0n) is 42.8. The molecule has 0 bridgehead atoms. The molecule has 354 valence electrons. The molecule has 0 fully saturated rings. The van der Waals surface area contributed by atoms with Gasteiger partial charge in [-0.15, -0.1) is 12.3 Å². The fourth-order valence-corrected chi connectivity index (χ4v) is 52.7. The standard InChI is InChI=1S/C4H6N3.9C4H9.C3H4.C3H3.C2H6N.CH3N3.CH4.3Sn/c1-4-3-5-6-7(4)2;9*1-3-4-2;3*1-3-2;1-3-4-2;;;;/h1-2H3;9*1,3-4H2,2H3;1H,2H3;1H3;1-2H3;1H3;1H4;;;/q;;;;;;;;;;;;-1;;;;;+1. The third-order valence-electron chi connectivity index (χ3n) is 12.1. The minimum Gasteiger partial charge on any atom is -0.0973 e. The predicted octanol–water partition coefficient (Wildman–Crippen LogP) is 16.7. The van der Waals surface area contributed by atoms with Gasteiger partial charge < -0.3 is 0 Å². The van der Waals surface area contributed by atoms with Gasteiger partial charge in [-0.3, -0.25) is 0 Å². The molecule has 0 N–H and O–H groups in total. The summed E-state index contributed by atoms with van der Waals surface area (Å²) in [5.74, 6) is 5.53. The number of nitrogens with zero attached hydrogens (tertiary/aromatic N) is 7. The van der Waals surface area contributed by atoms with Crippen molar-refractivity contribution in [3.05, 3.63) is 16.1 Å².